The SMILES string of the molecule is COc1cc(C(=O)NCCN2CCN(c3cccc(C)c3)CC2)cc(Cl)c1OC. The van der Waals surface area contributed by atoms with Gasteiger partial charge in [0.05, 0.1) is 19.2 Å². The van der Waals surface area contributed by atoms with Crippen molar-refractivity contribution in [2.24, 2.45) is 0 Å². The average Bonchev–Trinajstić information content (AvgIpc) is 2.73. The molecule has 1 fully saturated rings. The predicted molar refractivity (Wildman–Crippen MR) is 117 cm³/mol. The fourth-order valence-corrected chi connectivity index (χ4v) is 3.82. The van der Waals surface area contributed by atoms with Crippen LogP contribution in [0.1, 0.15) is 15.9 Å². The number of benzene rings is 2. The van der Waals surface area contributed by atoms with Crippen molar-refractivity contribution in [3.63, 3.8) is 0 Å². The lowest BCUT2D eigenvalue weighted by atomic mass is 10.2. The highest BCUT2D eigenvalue weighted by Crippen LogP contribution is 2.35. The lowest BCUT2D eigenvalue weighted by molar-refractivity contribution is 0.0947. The zero-order valence-electron chi connectivity index (χ0n) is 17.2. The van der Waals surface area contributed by atoms with E-state index in [9.17, 15) is 4.79 Å². The van der Waals surface area contributed by atoms with E-state index in [2.05, 4.69) is 46.3 Å². The van der Waals surface area contributed by atoms with Crippen LogP contribution in [0, 0.1) is 6.92 Å². The molecule has 0 saturated carbocycles. The average molecular weight is 418 g/mol. The second-order valence-electron chi connectivity index (χ2n) is 7.12. The molecule has 0 aromatic heterocycles. The van der Waals surface area contributed by atoms with E-state index in [4.69, 9.17) is 21.1 Å². The van der Waals surface area contributed by atoms with Crippen molar-refractivity contribution in [2.75, 3.05) is 58.4 Å². The third-order valence-corrected chi connectivity index (χ3v) is 5.43. The van der Waals surface area contributed by atoms with Gasteiger partial charge in [0.25, 0.3) is 5.91 Å². The Morgan fingerprint density at radius 1 is 1.10 bits per heavy atom. The first-order chi connectivity index (χ1) is 14.0. The number of hydrogen-bond donors (Lipinski definition) is 1. The summed E-state index contributed by atoms with van der Waals surface area (Å²) in [5.41, 5.74) is 3.02. The quantitative estimate of drug-likeness (QED) is 0.749. The second kappa shape index (κ2) is 9.85. The molecule has 0 bridgehead atoms. The Labute approximate surface area is 177 Å². The summed E-state index contributed by atoms with van der Waals surface area (Å²) < 4.78 is 10.5. The summed E-state index contributed by atoms with van der Waals surface area (Å²) in [7, 11) is 3.04. The molecule has 1 aliphatic heterocycles. The highest BCUT2D eigenvalue weighted by molar-refractivity contribution is 6.32. The lowest BCUT2D eigenvalue weighted by Gasteiger charge is -2.36. The number of carbonyl (C=O) groups is 1. The van der Waals surface area contributed by atoms with Gasteiger partial charge < -0.3 is 19.7 Å². The highest BCUT2D eigenvalue weighted by atomic mass is 35.5. The maximum absolute atomic E-state index is 12.5. The minimum absolute atomic E-state index is 0.175. The van der Waals surface area contributed by atoms with Gasteiger partial charge in [-0.25, -0.2) is 0 Å². The molecule has 1 heterocycles. The van der Waals surface area contributed by atoms with Crippen molar-refractivity contribution in [1.29, 1.82) is 0 Å². The molecule has 1 aliphatic rings. The molecular weight excluding hydrogens is 390 g/mol. The fourth-order valence-electron chi connectivity index (χ4n) is 3.53. The van der Waals surface area contributed by atoms with Crippen LogP contribution in [0.5, 0.6) is 11.5 Å². The summed E-state index contributed by atoms with van der Waals surface area (Å²) in [5.74, 6) is 0.695. The second-order valence-corrected chi connectivity index (χ2v) is 7.52. The summed E-state index contributed by atoms with van der Waals surface area (Å²) in [4.78, 5) is 17.3. The summed E-state index contributed by atoms with van der Waals surface area (Å²) in [6, 6.07) is 11.8. The topological polar surface area (TPSA) is 54.0 Å². The Balaban J connectivity index is 1.47. The number of piperazine rings is 1. The van der Waals surface area contributed by atoms with Crippen LogP contribution in [-0.4, -0.2) is 64.3 Å². The van der Waals surface area contributed by atoms with E-state index in [1.165, 1.54) is 25.5 Å². The van der Waals surface area contributed by atoms with Crippen LogP contribution in [0.25, 0.3) is 0 Å². The Hall–Kier alpha value is -2.44. The number of carbonyl (C=O) groups excluding carboxylic acids is 1. The van der Waals surface area contributed by atoms with Crippen molar-refractivity contribution in [2.45, 2.75) is 6.92 Å². The number of amides is 1. The Morgan fingerprint density at radius 3 is 2.52 bits per heavy atom. The molecular formula is C22H28ClN3O3. The normalized spacial score (nSPS) is 14.6. The van der Waals surface area contributed by atoms with Gasteiger partial charge in [-0.15, -0.1) is 0 Å². The molecule has 6 nitrogen and oxygen atoms in total. The molecule has 0 spiro atoms. The first-order valence-corrected chi connectivity index (χ1v) is 10.1. The van der Waals surface area contributed by atoms with Gasteiger partial charge >= 0.3 is 0 Å². The van der Waals surface area contributed by atoms with Gasteiger partial charge in [-0.2, -0.15) is 0 Å². The molecule has 3 rings (SSSR count). The lowest BCUT2D eigenvalue weighted by Crippen LogP contribution is -2.48. The molecule has 2 aromatic rings. The molecule has 0 radical (unpaired) electrons. The highest BCUT2D eigenvalue weighted by Gasteiger charge is 2.18. The number of hydrogen-bond acceptors (Lipinski definition) is 5. The fraction of sp³-hybridized carbons (Fsp3) is 0.409. The predicted octanol–water partition coefficient (Wildman–Crippen LogP) is 3.22. The van der Waals surface area contributed by atoms with Crippen molar-refractivity contribution in [3.8, 4) is 11.5 Å². The van der Waals surface area contributed by atoms with Gasteiger partial charge in [0, 0.05) is 50.5 Å². The first kappa shape index (κ1) is 21.3. The van der Waals surface area contributed by atoms with E-state index in [-0.39, 0.29) is 5.91 Å². The Kier molecular flexibility index (Phi) is 7.23. The number of aryl methyl sites for hydroxylation is 1. The number of halogens is 1. The van der Waals surface area contributed by atoms with Crippen molar-refractivity contribution in [1.82, 2.24) is 10.2 Å². The number of nitrogens with one attached hydrogen (secondary N) is 1. The van der Waals surface area contributed by atoms with Crippen LogP contribution >= 0.6 is 11.6 Å². The minimum atomic E-state index is -0.175. The van der Waals surface area contributed by atoms with E-state index in [1.54, 1.807) is 12.1 Å². The van der Waals surface area contributed by atoms with Gasteiger partial charge in [-0.3, -0.25) is 9.69 Å². The van der Waals surface area contributed by atoms with E-state index < -0.39 is 0 Å². The molecule has 1 amide bonds. The largest absolute Gasteiger partial charge is 0.493 e. The third kappa shape index (κ3) is 5.34. The number of rotatable bonds is 7. The summed E-state index contributed by atoms with van der Waals surface area (Å²) in [5, 5.41) is 3.31. The van der Waals surface area contributed by atoms with Crippen molar-refractivity contribution in [3.05, 3.63) is 52.5 Å². The van der Waals surface area contributed by atoms with Crippen LogP contribution in [-0.2, 0) is 0 Å². The van der Waals surface area contributed by atoms with Crippen LogP contribution in [0.15, 0.2) is 36.4 Å². The summed E-state index contributed by atoms with van der Waals surface area (Å²) in [6.45, 7) is 7.45. The van der Waals surface area contributed by atoms with E-state index in [1.807, 2.05) is 0 Å². The number of ether oxygens (including phenoxy) is 2. The van der Waals surface area contributed by atoms with Crippen LogP contribution < -0.4 is 19.7 Å². The van der Waals surface area contributed by atoms with Crippen molar-refractivity contribution >= 4 is 23.2 Å². The maximum Gasteiger partial charge on any atom is 0.251 e. The zero-order chi connectivity index (χ0) is 20.8. The molecule has 7 heteroatoms. The minimum Gasteiger partial charge on any atom is -0.493 e. The molecule has 1 N–H and O–H groups in total. The first-order valence-electron chi connectivity index (χ1n) is 9.75. The van der Waals surface area contributed by atoms with Crippen molar-refractivity contribution < 1.29 is 14.3 Å². The van der Waals surface area contributed by atoms with E-state index in [0.717, 1.165) is 32.7 Å². The molecule has 2 aromatic carbocycles. The zero-order valence-corrected chi connectivity index (χ0v) is 18.0. The molecule has 0 atom stereocenters. The third-order valence-electron chi connectivity index (χ3n) is 5.15. The summed E-state index contributed by atoms with van der Waals surface area (Å²) >= 11 is 6.19. The Morgan fingerprint density at radius 2 is 1.86 bits per heavy atom. The van der Waals surface area contributed by atoms with Crippen LogP contribution in [0.4, 0.5) is 5.69 Å². The van der Waals surface area contributed by atoms with E-state index >= 15 is 0 Å². The standard InChI is InChI=1S/C22H28ClN3O3/c1-16-5-4-6-18(13-16)26-11-9-25(10-12-26)8-7-24-22(27)17-14-19(23)21(29-3)20(15-17)28-2/h4-6,13-15H,7-12H2,1-3H3,(H,24,27). The maximum atomic E-state index is 12.5. The van der Waals surface area contributed by atoms with E-state index in [0.29, 0.717) is 28.6 Å². The van der Waals surface area contributed by atoms with Gasteiger partial charge in [-0.05, 0) is 36.8 Å². The van der Waals surface area contributed by atoms with Gasteiger partial charge in [0.1, 0.15) is 0 Å². The van der Waals surface area contributed by atoms with Gasteiger partial charge in [0.2, 0.25) is 0 Å². The molecule has 1 saturated heterocycles. The van der Waals surface area contributed by atoms with Gasteiger partial charge in [-0.1, -0.05) is 23.7 Å². The Bertz CT molecular complexity index is 851. The number of anilines is 1. The summed E-state index contributed by atoms with van der Waals surface area (Å²) in [6.07, 6.45) is 0. The molecule has 156 valence electrons. The van der Waals surface area contributed by atoms with Crippen LogP contribution in [0.3, 0.4) is 0 Å². The van der Waals surface area contributed by atoms with Gasteiger partial charge in [0.15, 0.2) is 11.5 Å². The number of methoxy groups -OCH3 is 2. The molecule has 29 heavy (non-hydrogen) atoms. The molecule has 0 unspecified atom stereocenters. The monoisotopic (exact) mass is 417 g/mol. The molecule has 0 aliphatic carbocycles. The number of nitrogens with zero attached hydrogens (tertiary/aromatic N) is 2. The van der Waals surface area contributed by atoms with Crippen LogP contribution in [0.2, 0.25) is 5.02 Å². The smallest absolute Gasteiger partial charge is 0.251 e.